The van der Waals surface area contributed by atoms with Gasteiger partial charge in [0.1, 0.15) is 35.7 Å². The lowest BCUT2D eigenvalue weighted by Gasteiger charge is -2.34. The number of rotatable bonds is 2. The fourth-order valence-corrected chi connectivity index (χ4v) is 5.57. The minimum atomic E-state index is -0.933. The first-order valence-corrected chi connectivity index (χ1v) is 14.0. The van der Waals surface area contributed by atoms with Gasteiger partial charge in [-0.3, -0.25) is 4.79 Å². The van der Waals surface area contributed by atoms with Crippen LogP contribution in [-0.2, 0) is 19.1 Å². The first-order chi connectivity index (χ1) is 19.5. The van der Waals surface area contributed by atoms with Gasteiger partial charge in [0, 0.05) is 12.5 Å². The standard InChI is InChI=1S/C30H38N4O7/c1-16-8-7-9-17-12-23(17)41-29(37)33-25(30(2,3)4)27(35)34-15-19(14-22(34)28(36)39-6)40-26-24(16)31-20-11-10-18(38-5)13-21(20)32-26/h10-11,13,17,19,22-23,25H,1,7-9,12,14-15H2,2-6H3,(H,33,37)/t17?,19-,22?,23-,25-/m1/s1. The van der Waals surface area contributed by atoms with Gasteiger partial charge in [0.15, 0.2) is 0 Å². The van der Waals surface area contributed by atoms with Gasteiger partial charge in [-0.15, -0.1) is 0 Å². The van der Waals surface area contributed by atoms with Crippen molar-refractivity contribution in [1.29, 1.82) is 0 Å². The normalized spacial score (nSPS) is 27.1. The predicted octanol–water partition coefficient (Wildman–Crippen LogP) is 3.89. The Kier molecular flexibility index (Phi) is 7.80. The van der Waals surface area contributed by atoms with Crippen LogP contribution in [0, 0.1) is 11.3 Å². The maximum atomic E-state index is 13.9. The number of methoxy groups -OCH3 is 2. The molecule has 11 heteroatoms. The van der Waals surface area contributed by atoms with Crippen molar-refractivity contribution in [3.05, 3.63) is 30.5 Å². The second kappa shape index (κ2) is 11.2. The molecule has 1 aromatic heterocycles. The number of hydrogen-bond donors (Lipinski definition) is 1. The number of nitrogens with one attached hydrogen (secondary N) is 1. The van der Waals surface area contributed by atoms with Crippen molar-refractivity contribution in [3.8, 4) is 11.6 Å². The van der Waals surface area contributed by atoms with E-state index in [2.05, 4.69) is 11.9 Å². The summed E-state index contributed by atoms with van der Waals surface area (Å²) in [5, 5.41) is 2.78. The van der Waals surface area contributed by atoms with Gasteiger partial charge in [-0.05, 0) is 54.7 Å². The Morgan fingerprint density at radius 1 is 1.12 bits per heavy atom. The number of carbonyl (C=O) groups is 3. The van der Waals surface area contributed by atoms with E-state index in [-0.39, 0.29) is 30.9 Å². The van der Waals surface area contributed by atoms with Gasteiger partial charge < -0.3 is 29.2 Å². The molecule has 2 fully saturated rings. The number of ether oxygens (including phenoxy) is 4. The first kappa shape index (κ1) is 28.6. The Hall–Kier alpha value is -3.89. The minimum absolute atomic E-state index is 0.0936. The van der Waals surface area contributed by atoms with Crippen molar-refractivity contribution < 1.29 is 33.3 Å². The summed E-state index contributed by atoms with van der Waals surface area (Å²) in [5.41, 5.74) is 1.91. The Morgan fingerprint density at radius 2 is 1.90 bits per heavy atom. The van der Waals surface area contributed by atoms with Crippen LogP contribution in [0.1, 0.15) is 58.6 Å². The van der Waals surface area contributed by atoms with Crippen molar-refractivity contribution in [1.82, 2.24) is 20.2 Å². The zero-order chi connectivity index (χ0) is 29.5. The summed E-state index contributed by atoms with van der Waals surface area (Å²) in [4.78, 5) is 50.7. The van der Waals surface area contributed by atoms with Crippen LogP contribution in [-0.4, -0.2) is 77.9 Å². The average molecular weight is 567 g/mol. The minimum Gasteiger partial charge on any atom is -0.497 e. The van der Waals surface area contributed by atoms with Crippen molar-refractivity contribution in [2.24, 2.45) is 11.3 Å². The predicted molar refractivity (Wildman–Crippen MR) is 150 cm³/mol. The molecule has 1 N–H and O–H groups in total. The molecule has 3 aliphatic rings. The highest BCUT2D eigenvalue weighted by Crippen LogP contribution is 2.40. The molecule has 0 spiro atoms. The van der Waals surface area contributed by atoms with E-state index >= 15 is 0 Å². The monoisotopic (exact) mass is 566 g/mol. The van der Waals surface area contributed by atoms with Gasteiger partial charge in [0.25, 0.3) is 0 Å². The molecule has 5 rings (SSSR count). The molecule has 5 atom stereocenters. The Morgan fingerprint density at radius 3 is 2.61 bits per heavy atom. The summed E-state index contributed by atoms with van der Waals surface area (Å²) in [6.45, 7) is 9.94. The van der Waals surface area contributed by atoms with Crippen LogP contribution in [0.5, 0.6) is 11.6 Å². The fourth-order valence-electron chi connectivity index (χ4n) is 5.57. The number of amides is 2. The molecule has 41 heavy (non-hydrogen) atoms. The number of esters is 1. The number of hydrogen-bond acceptors (Lipinski definition) is 9. The lowest BCUT2D eigenvalue weighted by Crippen LogP contribution is -2.57. The largest absolute Gasteiger partial charge is 0.497 e. The second-order valence-corrected chi connectivity index (χ2v) is 12.1. The van der Waals surface area contributed by atoms with E-state index in [1.807, 2.05) is 32.9 Å². The van der Waals surface area contributed by atoms with E-state index in [4.69, 9.17) is 28.9 Å². The molecule has 2 aliphatic heterocycles. The number of fused-ring (bicyclic) bond motifs is 5. The van der Waals surface area contributed by atoms with Gasteiger partial charge in [0.05, 0.1) is 31.8 Å². The molecule has 1 saturated heterocycles. The number of carbonyl (C=O) groups excluding carboxylic acids is 3. The number of benzene rings is 1. The van der Waals surface area contributed by atoms with Gasteiger partial charge in [-0.1, -0.05) is 27.4 Å². The van der Waals surface area contributed by atoms with E-state index in [0.29, 0.717) is 28.9 Å². The highest BCUT2D eigenvalue weighted by molar-refractivity contribution is 5.91. The third-order valence-corrected chi connectivity index (χ3v) is 8.02. The van der Waals surface area contributed by atoms with Gasteiger partial charge in [0.2, 0.25) is 11.8 Å². The van der Waals surface area contributed by atoms with E-state index in [1.165, 1.54) is 12.0 Å². The van der Waals surface area contributed by atoms with Crippen molar-refractivity contribution in [3.63, 3.8) is 0 Å². The highest BCUT2D eigenvalue weighted by atomic mass is 16.6. The molecular formula is C30H38N4O7. The lowest BCUT2D eigenvalue weighted by molar-refractivity contribution is -0.152. The van der Waals surface area contributed by atoms with Crippen LogP contribution < -0.4 is 14.8 Å². The summed E-state index contributed by atoms with van der Waals surface area (Å²) < 4.78 is 22.5. The molecule has 1 saturated carbocycles. The lowest BCUT2D eigenvalue weighted by atomic mass is 9.85. The molecule has 2 unspecified atom stereocenters. The third-order valence-electron chi connectivity index (χ3n) is 8.02. The van der Waals surface area contributed by atoms with Crippen molar-refractivity contribution >= 4 is 34.6 Å². The number of nitrogens with zero attached hydrogens (tertiary/aromatic N) is 3. The summed E-state index contributed by atoms with van der Waals surface area (Å²) >= 11 is 0. The molecule has 11 nitrogen and oxygen atoms in total. The average Bonchev–Trinajstić information content (AvgIpc) is 3.52. The van der Waals surface area contributed by atoms with Crippen molar-refractivity contribution in [2.75, 3.05) is 20.8 Å². The molecular weight excluding hydrogens is 528 g/mol. The third kappa shape index (κ3) is 6.08. The maximum Gasteiger partial charge on any atom is 0.408 e. The number of allylic oxidation sites excluding steroid dienone is 1. The first-order valence-electron chi connectivity index (χ1n) is 14.0. The van der Waals surface area contributed by atoms with Crippen LogP contribution in [0.15, 0.2) is 24.8 Å². The summed E-state index contributed by atoms with van der Waals surface area (Å²) in [5.74, 6) is 0.203. The maximum absolute atomic E-state index is 13.9. The molecule has 2 amide bonds. The smallest absolute Gasteiger partial charge is 0.408 e. The van der Waals surface area contributed by atoms with Crippen LogP contribution >= 0.6 is 0 Å². The number of aromatic nitrogens is 2. The topological polar surface area (TPSA) is 129 Å². The van der Waals surface area contributed by atoms with Gasteiger partial charge in [-0.2, -0.15) is 0 Å². The summed E-state index contributed by atoms with van der Waals surface area (Å²) in [6.07, 6.45) is 1.91. The van der Waals surface area contributed by atoms with Crippen LogP contribution in [0.25, 0.3) is 16.6 Å². The molecule has 220 valence electrons. The SMILES string of the molecule is C=C1CCCC2C[C@H]2OC(=O)N[C@@H](C(C)(C)C)C(=O)N2C[C@@H](CC2C(=O)OC)Oc2nc3cc(OC)ccc3nc21. The molecule has 0 radical (unpaired) electrons. The van der Waals surface area contributed by atoms with E-state index in [1.54, 1.807) is 13.2 Å². The van der Waals surface area contributed by atoms with Crippen LogP contribution in [0.4, 0.5) is 4.79 Å². The van der Waals surface area contributed by atoms with E-state index in [0.717, 1.165) is 24.8 Å². The molecule has 3 heterocycles. The fraction of sp³-hybridized carbons (Fsp3) is 0.567. The van der Waals surface area contributed by atoms with Gasteiger partial charge >= 0.3 is 12.1 Å². The quantitative estimate of drug-likeness (QED) is 0.538. The molecule has 1 aliphatic carbocycles. The van der Waals surface area contributed by atoms with Gasteiger partial charge in [-0.25, -0.2) is 19.6 Å². The molecule has 2 bridgehead atoms. The van der Waals surface area contributed by atoms with Crippen molar-refractivity contribution in [2.45, 2.75) is 77.2 Å². The van der Waals surface area contributed by atoms with Crippen LogP contribution in [0.3, 0.4) is 0 Å². The van der Waals surface area contributed by atoms with Crippen LogP contribution in [0.2, 0.25) is 0 Å². The molecule has 1 aromatic carbocycles. The highest BCUT2D eigenvalue weighted by Gasteiger charge is 2.47. The Labute approximate surface area is 239 Å². The Balaban J connectivity index is 1.54. The number of alkyl carbamates (subject to hydrolysis) is 1. The van der Waals surface area contributed by atoms with E-state index < -0.39 is 41.6 Å². The Bertz CT molecular complexity index is 1370. The summed E-state index contributed by atoms with van der Waals surface area (Å²) in [6, 6.07) is 3.61. The summed E-state index contributed by atoms with van der Waals surface area (Å²) in [7, 11) is 2.87. The zero-order valence-electron chi connectivity index (χ0n) is 24.3. The molecule has 2 aromatic rings. The zero-order valence-corrected chi connectivity index (χ0v) is 24.3. The van der Waals surface area contributed by atoms with E-state index in [9.17, 15) is 14.4 Å². The second-order valence-electron chi connectivity index (χ2n) is 12.1.